The zero-order valence-electron chi connectivity index (χ0n) is 17.8. The molecule has 0 spiro atoms. The maximum atomic E-state index is 11.2. The van der Waals surface area contributed by atoms with Crippen LogP contribution < -0.4 is 11.1 Å². The Morgan fingerprint density at radius 3 is 2.57 bits per heavy atom. The molecule has 3 rings (SSSR count). The van der Waals surface area contributed by atoms with Gasteiger partial charge in [0.15, 0.2) is 5.96 Å². The first-order valence-electron chi connectivity index (χ1n) is 10.8. The first-order chi connectivity index (χ1) is 14.2. The van der Waals surface area contributed by atoms with Crippen LogP contribution in [0.15, 0.2) is 29.3 Å². The Bertz CT molecular complexity index is 669. The number of aliphatic imine (C=N–C) groups is 1. The Morgan fingerprint density at radius 2 is 1.97 bits per heavy atom. The zero-order chi connectivity index (χ0) is 20.5. The third-order valence-corrected chi connectivity index (χ3v) is 5.52. The van der Waals surface area contributed by atoms with E-state index in [-0.39, 0.29) is 30.1 Å². The van der Waals surface area contributed by atoms with Crippen molar-refractivity contribution in [2.45, 2.75) is 57.8 Å². The predicted molar refractivity (Wildman–Crippen MR) is 129 cm³/mol. The molecule has 2 fully saturated rings. The van der Waals surface area contributed by atoms with E-state index in [9.17, 15) is 4.79 Å². The molecule has 3 N–H and O–H groups in total. The molecule has 1 atom stereocenters. The average Bonchev–Trinajstić information content (AvgIpc) is 2.76. The third kappa shape index (κ3) is 7.70. The van der Waals surface area contributed by atoms with Crippen LogP contribution in [-0.4, -0.2) is 61.8 Å². The fraction of sp³-hybridized carbons (Fsp3) is 0.636. The van der Waals surface area contributed by atoms with Crippen LogP contribution in [0.4, 0.5) is 0 Å². The molecular formula is C22H35IN4O3. The second-order valence-corrected chi connectivity index (χ2v) is 7.74. The summed E-state index contributed by atoms with van der Waals surface area (Å²) in [5.41, 5.74) is 6.87. The number of guanidine groups is 1. The van der Waals surface area contributed by atoms with Gasteiger partial charge in [-0.25, -0.2) is 4.99 Å². The van der Waals surface area contributed by atoms with Gasteiger partial charge in [-0.05, 0) is 56.7 Å². The van der Waals surface area contributed by atoms with E-state index in [1.54, 1.807) is 12.1 Å². The number of carbonyl (C=O) groups is 1. The first kappa shape index (κ1) is 24.9. The van der Waals surface area contributed by atoms with Gasteiger partial charge in [-0.2, -0.15) is 0 Å². The van der Waals surface area contributed by atoms with Crippen molar-refractivity contribution in [3.05, 3.63) is 35.4 Å². The van der Waals surface area contributed by atoms with Gasteiger partial charge in [-0.15, -0.1) is 24.0 Å². The molecule has 8 heteroatoms. The van der Waals surface area contributed by atoms with E-state index in [2.05, 4.69) is 17.1 Å². The number of nitrogens with one attached hydrogen (secondary N) is 1. The molecule has 0 bridgehead atoms. The lowest BCUT2D eigenvalue weighted by Gasteiger charge is -2.35. The Labute approximate surface area is 196 Å². The highest BCUT2D eigenvalue weighted by Crippen LogP contribution is 2.18. The number of hydrogen-bond acceptors (Lipinski definition) is 4. The summed E-state index contributed by atoms with van der Waals surface area (Å²) in [6.07, 6.45) is 6.14. The minimum atomic E-state index is -0.409. The number of primary amides is 1. The van der Waals surface area contributed by atoms with Crippen LogP contribution in [-0.2, 0) is 16.0 Å². The summed E-state index contributed by atoms with van der Waals surface area (Å²) in [7, 11) is 0. The van der Waals surface area contributed by atoms with Crippen molar-refractivity contribution in [3.8, 4) is 0 Å². The van der Waals surface area contributed by atoms with E-state index in [4.69, 9.17) is 20.2 Å². The van der Waals surface area contributed by atoms with Crippen molar-refractivity contribution in [1.82, 2.24) is 10.2 Å². The fourth-order valence-electron chi connectivity index (χ4n) is 3.78. The highest BCUT2D eigenvalue weighted by molar-refractivity contribution is 14.0. The first-order valence-corrected chi connectivity index (χ1v) is 10.8. The molecule has 2 aliphatic heterocycles. The number of halogens is 1. The molecule has 1 aromatic carbocycles. The molecule has 2 aliphatic rings. The Kier molecular flexibility index (Phi) is 10.9. The van der Waals surface area contributed by atoms with E-state index in [0.717, 1.165) is 63.6 Å². The van der Waals surface area contributed by atoms with Crippen molar-refractivity contribution in [2.24, 2.45) is 10.7 Å². The summed E-state index contributed by atoms with van der Waals surface area (Å²) < 4.78 is 11.9. The molecule has 0 saturated carbocycles. The topological polar surface area (TPSA) is 89.2 Å². The van der Waals surface area contributed by atoms with Gasteiger partial charge in [-0.1, -0.05) is 12.1 Å². The Hall–Kier alpha value is -1.39. The number of nitrogens with zero attached hydrogens (tertiary/aromatic N) is 2. The second kappa shape index (κ2) is 13.1. The lowest BCUT2D eigenvalue weighted by atomic mass is 10.1. The second-order valence-electron chi connectivity index (χ2n) is 7.74. The maximum Gasteiger partial charge on any atom is 0.248 e. The van der Waals surface area contributed by atoms with Gasteiger partial charge < -0.3 is 25.4 Å². The standard InChI is InChI=1S/C22H34N4O3.HI/c1-2-24-22(25-15-17-6-8-18(9-7-17)21(23)27)26-12-10-19(11-13-26)29-16-20-5-3-4-14-28-20;/h6-9,19-20H,2-5,10-16H2,1H3,(H2,23,27)(H,24,25);1H. The summed E-state index contributed by atoms with van der Waals surface area (Å²) in [6.45, 7) is 6.94. The van der Waals surface area contributed by atoms with Gasteiger partial charge in [0.2, 0.25) is 5.91 Å². The van der Waals surface area contributed by atoms with Crippen LogP contribution in [0.3, 0.4) is 0 Å². The normalized spacial score (nSPS) is 20.5. The van der Waals surface area contributed by atoms with Crippen LogP contribution in [0, 0.1) is 0 Å². The minimum absolute atomic E-state index is 0. The fourth-order valence-corrected chi connectivity index (χ4v) is 3.78. The monoisotopic (exact) mass is 530 g/mol. The maximum absolute atomic E-state index is 11.2. The molecule has 1 amide bonds. The number of amides is 1. The number of carbonyl (C=O) groups excluding carboxylic acids is 1. The molecule has 0 radical (unpaired) electrons. The van der Waals surface area contributed by atoms with E-state index < -0.39 is 5.91 Å². The lowest BCUT2D eigenvalue weighted by molar-refractivity contribution is -0.0721. The van der Waals surface area contributed by atoms with Gasteiger partial charge in [-0.3, -0.25) is 4.79 Å². The molecule has 1 aromatic rings. The van der Waals surface area contributed by atoms with Crippen LogP contribution in [0.5, 0.6) is 0 Å². The summed E-state index contributed by atoms with van der Waals surface area (Å²) >= 11 is 0. The summed E-state index contributed by atoms with van der Waals surface area (Å²) in [4.78, 5) is 18.3. The largest absolute Gasteiger partial charge is 0.376 e. The smallest absolute Gasteiger partial charge is 0.248 e. The van der Waals surface area contributed by atoms with E-state index in [1.807, 2.05) is 12.1 Å². The highest BCUT2D eigenvalue weighted by atomic mass is 127. The average molecular weight is 530 g/mol. The number of hydrogen-bond donors (Lipinski definition) is 2. The van der Waals surface area contributed by atoms with Crippen molar-refractivity contribution >= 4 is 35.8 Å². The molecule has 1 unspecified atom stereocenters. The van der Waals surface area contributed by atoms with E-state index in [0.29, 0.717) is 18.2 Å². The summed E-state index contributed by atoms with van der Waals surface area (Å²) in [6, 6.07) is 7.30. The number of nitrogens with two attached hydrogens (primary N) is 1. The van der Waals surface area contributed by atoms with Gasteiger partial charge >= 0.3 is 0 Å². The minimum Gasteiger partial charge on any atom is -0.376 e. The molecule has 2 saturated heterocycles. The number of ether oxygens (including phenoxy) is 2. The summed E-state index contributed by atoms with van der Waals surface area (Å²) in [5, 5.41) is 3.39. The predicted octanol–water partition coefficient (Wildman–Crippen LogP) is 2.92. The molecule has 30 heavy (non-hydrogen) atoms. The van der Waals surface area contributed by atoms with Crippen LogP contribution in [0.2, 0.25) is 0 Å². The number of likely N-dealkylation sites (tertiary alicyclic amines) is 1. The quantitative estimate of drug-likeness (QED) is 0.322. The van der Waals surface area contributed by atoms with Crippen LogP contribution in [0.25, 0.3) is 0 Å². The van der Waals surface area contributed by atoms with E-state index in [1.165, 1.54) is 12.8 Å². The molecule has 0 aromatic heterocycles. The van der Waals surface area contributed by atoms with Crippen molar-refractivity contribution in [1.29, 1.82) is 0 Å². The number of benzene rings is 1. The molecule has 0 aliphatic carbocycles. The lowest BCUT2D eigenvalue weighted by Crippen LogP contribution is -2.47. The Balaban J connectivity index is 0.00000320. The SMILES string of the molecule is CCNC(=NCc1ccc(C(N)=O)cc1)N1CCC(OCC2CCCCO2)CC1.I. The van der Waals surface area contributed by atoms with Gasteiger partial charge in [0.05, 0.1) is 25.4 Å². The molecular weight excluding hydrogens is 495 g/mol. The molecule has 168 valence electrons. The van der Waals surface area contributed by atoms with E-state index >= 15 is 0 Å². The summed E-state index contributed by atoms with van der Waals surface area (Å²) in [5.74, 6) is 0.522. The van der Waals surface area contributed by atoms with Crippen LogP contribution >= 0.6 is 24.0 Å². The Morgan fingerprint density at radius 1 is 1.23 bits per heavy atom. The zero-order valence-corrected chi connectivity index (χ0v) is 20.2. The van der Waals surface area contributed by atoms with Gasteiger partial charge in [0, 0.05) is 31.8 Å². The third-order valence-electron chi connectivity index (χ3n) is 5.52. The molecule has 2 heterocycles. The van der Waals surface area contributed by atoms with Crippen LogP contribution in [0.1, 0.15) is 54.9 Å². The van der Waals surface area contributed by atoms with Gasteiger partial charge in [0.25, 0.3) is 0 Å². The molecule has 7 nitrogen and oxygen atoms in total. The van der Waals surface area contributed by atoms with Crippen molar-refractivity contribution in [3.63, 3.8) is 0 Å². The van der Waals surface area contributed by atoms with Crippen molar-refractivity contribution < 1.29 is 14.3 Å². The van der Waals surface area contributed by atoms with Crippen molar-refractivity contribution in [2.75, 3.05) is 32.8 Å². The number of rotatable bonds is 7. The number of piperidine rings is 1. The highest BCUT2D eigenvalue weighted by Gasteiger charge is 2.23. The van der Waals surface area contributed by atoms with Gasteiger partial charge in [0.1, 0.15) is 0 Å².